The lowest BCUT2D eigenvalue weighted by Gasteiger charge is -2.51. The fraction of sp³-hybridized carbons (Fsp3) is 0.879. The van der Waals surface area contributed by atoms with Crippen molar-refractivity contribution in [3.05, 3.63) is 12.2 Å². The molecule has 2 heterocycles. The van der Waals surface area contributed by atoms with Crippen molar-refractivity contribution < 1.29 is 47.2 Å². The van der Waals surface area contributed by atoms with Crippen molar-refractivity contribution in [3.8, 4) is 0 Å². The number of nitrogens with one attached hydrogen (secondary N) is 2. The van der Waals surface area contributed by atoms with E-state index in [1.807, 2.05) is 47.3 Å². The van der Waals surface area contributed by atoms with Gasteiger partial charge in [-0.2, -0.15) is 0 Å². The summed E-state index contributed by atoms with van der Waals surface area (Å²) in [5.41, 5.74) is 5.86. The molecule has 2 fully saturated rings. The molecule has 2 aliphatic rings. The lowest BCUT2D eigenvalue weighted by Crippen LogP contribution is -2.64. The lowest BCUT2D eigenvalue weighted by atomic mass is 9.74. The highest BCUT2D eigenvalue weighted by Gasteiger charge is 2.54. The maximum absolute atomic E-state index is 14.3. The number of hydrogen-bond donors (Lipinski definition) is 4. The first-order chi connectivity index (χ1) is 22.1. The molecule has 2 rings (SSSR count). The van der Waals surface area contributed by atoms with Crippen LogP contribution in [0.5, 0.6) is 0 Å². The van der Waals surface area contributed by atoms with Crippen LogP contribution in [0.2, 0.25) is 39.3 Å². The molecule has 2 saturated heterocycles. The summed E-state index contributed by atoms with van der Waals surface area (Å²) in [5, 5.41) is 16.6. The van der Waals surface area contributed by atoms with E-state index in [0.29, 0.717) is 32.4 Å². The van der Waals surface area contributed by atoms with Crippen LogP contribution in [-0.2, 0) is 37.3 Å². The zero-order chi connectivity index (χ0) is 36.7. The highest BCUT2D eigenvalue weighted by molar-refractivity contribution is 6.70. The number of ether oxygens (including phenoxy) is 5. The van der Waals surface area contributed by atoms with Gasteiger partial charge in [0.05, 0.1) is 24.4 Å². The van der Waals surface area contributed by atoms with Crippen LogP contribution in [0.15, 0.2) is 12.2 Å². The van der Waals surface area contributed by atoms with Crippen molar-refractivity contribution in [2.45, 2.75) is 141 Å². The molecular formula is C33H65N3O10Si2. The Kier molecular flexibility index (Phi) is 15.8. The quantitative estimate of drug-likeness (QED) is 0.0746. The third-order valence-electron chi connectivity index (χ3n) is 9.02. The molecule has 0 radical (unpaired) electrons. The Morgan fingerprint density at radius 2 is 1.77 bits per heavy atom. The summed E-state index contributed by atoms with van der Waals surface area (Å²) in [7, 11) is -1.34. The van der Waals surface area contributed by atoms with E-state index >= 15 is 0 Å². The van der Waals surface area contributed by atoms with Gasteiger partial charge in [-0.05, 0) is 59.2 Å². The number of amides is 2. The lowest BCUT2D eigenvalue weighted by molar-refractivity contribution is -0.295. The number of hydrogen-bond acceptors (Lipinski definition) is 11. The average Bonchev–Trinajstić information content (AvgIpc) is 2.97. The fourth-order valence-electron chi connectivity index (χ4n) is 6.04. The smallest absolute Gasteiger partial charge is 0.407 e. The van der Waals surface area contributed by atoms with E-state index in [0.717, 1.165) is 5.57 Å². The molecule has 0 spiro atoms. The Hall–Kier alpha value is -1.41. The average molecular weight is 720 g/mol. The zero-order valence-corrected chi connectivity index (χ0v) is 33.5. The fourth-order valence-corrected chi connectivity index (χ4v) is 8.29. The van der Waals surface area contributed by atoms with Gasteiger partial charge in [-0.1, -0.05) is 32.9 Å². The van der Waals surface area contributed by atoms with Gasteiger partial charge in [0, 0.05) is 51.4 Å². The van der Waals surface area contributed by atoms with Crippen LogP contribution in [0.25, 0.3) is 0 Å². The first-order valence-electron chi connectivity index (χ1n) is 17.1. The first kappa shape index (κ1) is 42.8. The second kappa shape index (κ2) is 17.7. The minimum atomic E-state index is -2.32. The molecule has 2 unspecified atom stereocenters. The third kappa shape index (κ3) is 12.1. The minimum absolute atomic E-state index is 0.0844. The number of carbonyl (C=O) groups is 2. The van der Waals surface area contributed by atoms with Gasteiger partial charge in [-0.25, -0.2) is 4.79 Å². The van der Waals surface area contributed by atoms with E-state index in [-0.39, 0.29) is 31.2 Å². The van der Waals surface area contributed by atoms with E-state index in [4.69, 9.17) is 38.3 Å². The topological polar surface area (TPSA) is 169 Å². The first-order valence-corrected chi connectivity index (χ1v) is 23.9. The Morgan fingerprint density at radius 3 is 2.29 bits per heavy atom. The van der Waals surface area contributed by atoms with Gasteiger partial charge in [0.25, 0.3) is 5.91 Å². The molecule has 0 aliphatic carbocycles. The number of alkyl carbamates (subject to hydrolysis) is 1. The molecule has 15 heteroatoms. The van der Waals surface area contributed by atoms with Gasteiger partial charge >= 0.3 is 6.09 Å². The standard InChI is InChI=1S/C33H65N3O10Si2/c1-21-19-33(41-7,44-23(3)22(21)2)28(46-48(11,12)13)29(38)36-30(40-6)25-18-27(45-47(8,9)10)32(4,5)26(43-25)17-24(37)20-42-31(39)35-16-14-15-34/h22-28,30,37H,1,14-20,34H2,2-13H3,(H,35,39)(H,36,38)/t22-,23-,24+,25+,26-,27?,28?,30+,33-/m1/s1. The van der Waals surface area contributed by atoms with Crippen molar-refractivity contribution in [2.75, 3.05) is 33.9 Å². The van der Waals surface area contributed by atoms with Crippen molar-refractivity contribution >= 4 is 28.6 Å². The summed E-state index contributed by atoms with van der Waals surface area (Å²) in [4.78, 5) is 26.3. The summed E-state index contributed by atoms with van der Waals surface area (Å²) in [5.74, 6) is -1.75. The minimum Gasteiger partial charge on any atom is -0.447 e. The van der Waals surface area contributed by atoms with Crippen LogP contribution in [0.1, 0.15) is 53.4 Å². The molecule has 5 N–H and O–H groups in total. The number of rotatable bonds is 17. The van der Waals surface area contributed by atoms with Gasteiger partial charge in [0.15, 0.2) is 29.0 Å². The van der Waals surface area contributed by atoms with Crippen LogP contribution < -0.4 is 16.4 Å². The number of carbonyl (C=O) groups excluding carboxylic acids is 2. The molecule has 13 nitrogen and oxygen atoms in total. The molecule has 0 saturated carbocycles. The molecule has 0 bridgehead atoms. The highest BCUT2D eigenvalue weighted by Crippen LogP contribution is 2.43. The Labute approximate surface area is 290 Å². The monoisotopic (exact) mass is 719 g/mol. The summed E-state index contributed by atoms with van der Waals surface area (Å²) in [6.07, 6.45) is -3.82. The van der Waals surface area contributed by atoms with E-state index in [1.165, 1.54) is 14.2 Å². The van der Waals surface area contributed by atoms with Gasteiger partial charge in [0.2, 0.25) is 5.79 Å². The van der Waals surface area contributed by atoms with Gasteiger partial charge in [-0.3, -0.25) is 4.79 Å². The van der Waals surface area contributed by atoms with Crippen LogP contribution in [0.4, 0.5) is 4.79 Å². The van der Waals surface area contributed by atoms with Crippen molar-refractivity contribution in [1.82, 2.24) is 10.6 Å². The van der Waals surface area contributed by atoms with Crippen LogP contribution >= 0.6 is 0 Å². The van der Waals surface area contributed by atoms with Crippen molar-refractivity contribution in [3.63, 3.8) is 0 Å². The number of methoxy groups -OCH3 is 2. The Morgan fingerprint density at radius 1 is 1.12 bits per heavy atom. The molecule has 280 valence electrons. The maximum Gasteiger partial charge on any atom is 0.407 e. The third-order valence-corrected chi connectivity index (χ3v) is 11.0. The van der Waals surface area contributed by atoms with E-state index in [2.05, 4.69) is 36.9 Å². The molecule has 2 aliphatic heterocycles. The maximum atomic E-state index is 14.3. The molecule has 2 amide bonds. The summed E-state index contributed by atoms with van der Waals surface area (Å²) < 4.78 is 43.4. The van der Waals surface area contributed by atoms with E-state index < -0.39 is 70.5 Å². The summed E-state index contributed by atoms with van der Waals surface area (Å²) in [6, 6.07) is 0. The SMILES string of the molecule is C=C1C[C@](OC)(C(O[Si](C)(C)C)C(=O)N[C@@H](OC)[C@@H]2CC(O[Si](C)(C)C)C(C)(C)[C@@H](C[C@H](O)COC(=O)NCCCN)O2)O[C@H](C)[C@@H]1C. The zero-order valence-electron chi connectivity index (χ0n) is 31.5. The largest absolute Gasteiger partial charge is 0.447 e. The normalized spacial score (nSPS) is 29.9. The van der Waals surface area contributed by atoms with Crippen LogP contribution in [0.3, 0.4) is 0 Å². The molecule has 9 atom stereocenters. The Balaban J connectivity index is 2.35. The molecule has 48 heavy (non-hydrogen) atoms. The highest BCUT2D eigenvalue weighted by atomic mass is 28.4. The van der Waals surface area contributed by atoms with Crippen molar-refractivity contribution in [1.29, 1.82) is 0 Å². The molecule has 0 aromatic rings. The predicted molar refractivity (Wildman–Crippen MR) is 189 cm³/mol. The van der Waals surface area contributed by atoms with Crippen LogP contribution in [-0.4, -0.2) is 116 Å². The molecule has 0 aromatic heterocycles. The molecule has 0 aromatic carbocycles. The number of nitrogens with two attached hydrogens (primary N) is 1. The second-order valence-electron chi connectivity index (χ2n) is 15.7. The summed E-state index contributed by atoms with van der Waals surface area (Å²) >= 11 is 0. The summed E-state index contributed by atoms with van der Waals surface area (Å²) in [6.45, 7) is 25.3. The van der Waals surface area contributed by atoms with E-state index in [9.17, 15) is 14.7 Å². The second-order valence-corrected chi connectivity index (χ2v) is 24.7. The van der Waals surface area contributed by atoms with Gasteiger partial charge in [0.1, 0.15) is 12.7 Å². The number of aliphatic hydroxyl groups is 1. The van der Waals surface area contributed by atoms with Crippen molar-refractivity contribution in [2.24, 2.45) is 17.1 Å². The van der Waals surface area contributed by atoms with Gasteiger partial charge in [-0.15, -0.1) is 0 Å². The molecular weight excluding hydrogens is 655 g/mol. The van der Waals surface area contributed by atoms with E-state index in [1.54, 1.807) is 0 Å². The Bertz CT molecular complexity index is 1070. The van der Waals surface area contributed by atoms with Crippen LogP contribution in [0, 0.1) is 11.3 Å². The predicted octanol–water partition coefficient (Wildman–Crippen LogP) is 3.87. The van der Waals surface area contributed by atoms with Gasteiger partial charge < -0.3 is 54.0 Å². The number of aliphatic hydroxyl groups excluding tert-OH is 1.